The zero-order valence-corrected chi connectivity index (χ0v) is 15.1. The summed E-state index contributed by atoms with van der Waals surface area (Å²) in [5, 5.41) is 15.9. The molecular weight excluding hydrogens is 352 g/mol. The molecule has 9 heteroatoms. The monoisotopic (exact) mass is 372 g/mol. The number of aromatic nitrogens is 5. The number of anilines is 1. The number of hydrogen-bond donors (Lipinski definition) is 1. The molecule has 1 saturated heterocycles. The lowest BCUT2D eigenvalue weighted by Crippen LogP contribution is -2.37. The minimum atomic E-state index is 0.00151. The summed E-state index contributed by atoms with van der Waals surface area (Å²) in [6, 6.07) is 4.08. The zero-order valence-electron chi connectivity index (χ0n) is 14.3. The Balaban J connectivity index is 1.58. The molecule has 0 amide bonds. The van der Waals surface area contributed by atoms with Crippen LogP contribution < -0.4 is 4.90 Å². The molecular formula is C17H20N6O2S. The van der Waals surface area contributed by atoms with Crippen LogP contribution in [-0.2, 0) is 17.7 Å². The second-order valence-electron chi connectivity index (χ2n) is 5.93. The van der Waals surface area contributed by atoms with Gasteiger partial charge in [-0.2, -0.15) is 5.10 Å². The lowest BCUT2D eigenvalue weighted by molar-refractivity contribution is 0.122. The molecule has 0 bridgehead atoms. The van der Waals surface area contributed by atoms with Crippen molar-refractivity contribution in [3.05, 3.63) is 40.6 Å². The van der Waals surface area contributed by atoms with Gasteiger partial charge in [0.25, 0.3) is 0 Å². The van der Waals surface area contributed by atoms with Crippen LogP contribution in [0.2, 0.25) is 0 Å². The van der Waals surface area contributed by atoms with Crippen molar-refractivity contribution in [2.45, 2.75) is 13.0 Å². The summed E-state index contributed by atoms with van der Waals surface area (Å²) in [4.78, 5) is 16.9. The quantitative estimate of drug-likeness (QED) is 0.696. The Kier molecular flexibility index (Phi) is 5.19. The predicted octanol–water partition coefficient (Wildman–Crippen LogP) is 1.22. The van der Waals surface area contributed by atoms with Crippen LogP contribution in [0.5, 0.6) is 0 Å². The summed E-state index contributed by atoms with van der Waals surface area (Å²) in [7, 11) is 0. The molecule has 0 spiro atoms. The molecule has 0 saturated carbocycles. The van der Waals surface area contributed by atoms with Gasteiger partial charge in [-0.05, 0) is 11.4 Å². The van der Waals surface area contributed by atoms with Gasteiger partial charge in [0.1, 0.15) is 0 Å². The molecule has 4 rings (SSSR count). The van der Waals surface area contributed by atoms with Crippen molar-refractivity contribution in [1.29, 1.82) is 0 Å². The van der Waals surface area contributed by atoms with Gasteiger partial charge in [0, 0.05) is 36.8 Å². The van der Waals surface area contributed by atoms with Crippen LogP contribution in [0.1, 0.15) is 10.7 Å². The van der Waals surface area contributed by atoms with Crippen LogP contribution in [0.25, 0.3) is 11.4 Å². The maximum Gasteiger partial charge on any atom is 0.225 e. The van der Waals surface area contributed by atoms with E-state index in [0.717, 1.165) is 24.5 Å². The first-order valence-electron chi connectivity index (χ1n) is 8.55. The van der Waals surface area contributed by atoms with Crippen LogP contribution in [-0.4, -0.2) is 62.7 Å². The molecule has 136 valence electrons. The predicted molar refractivity (Wildman–Crippen MR) is 98.3 cm³/mol. The Labute approximate surface area is 155 Å². The van der Waals surface area contributed by atoms with Crippen molar-refractivity contribution >= 4 is 17.3 Å². The number of hydrogen-bond acceptors (Lipinski definition) is 8. The SMILES string of the molecule is OCCn1nc(Cc2cccs2)nc1-c1cnc(N2CCOCC2)nc1. The van der Waals surface area contributed by atoms with Gasteiger partial charge in [-0.25, -0.2) is 19.6 Å². The standard InChI is InChI=1S/C17H20N6O2S/c24-6-3-23-16(20-15(21-23)10-14-2-1-9-26-14)13-11-18-17(19-12-13)22-4-7-25-8-5-22/h1-2,9,11-12,24H,3-8,10H2. The van der Waals surface area contributed by atoms with E-state index in [-0.39, 0.29) is 6.61 Å². The average molecular weight is 372 g/mol. The third-order valence-corrected chi connectivity index (χ3v) is 5.01. The molecule has 3 aromatic heterocycles. The number of nitrogens with zero attached hydrogens (tertiary/aromatic N) is 6. The van der Waals surface area contributed by atoms with Gasteiger partial charge in [0.15, 0.2) is 11.6 Å². The highest BCUT2D eigenvalue weighted by molar-refractivity contribution is 7.09. The summed E-state index contributed by atoms with van der Waals surface area (Å²) < 4.78 is 7.08. The molecule has 8 nitrogen and oxygen atoms in total. The molecule has 26 heavy (non-hydrogen) atoms. The molecule has 1 N–H and O–H groups in total. The second kappa shape index (κ2) is 7.90. The van der Waals surface area contributed by atoms with Gasteiger partial charge in [0.2, 0.25) is 5.95 Å². The van der Waals surface area contributed by atoms with Crippen LogP contribution in [0.4, 0.5) is 5.95 Å². The highest BCUT2D eigenvalue weighted by atomic mass is 32.1. The fourth-order valence-electron chi connectivity index (χ4n) is 2.86. The fraction of sp³-hybridized carbons (Fsp3) is 0.412. The van der Waals surface area contributed by atoms with Crippen molar-refractivity contribution in [3.8, 4) is 11.4 Å². The summed E-state index contributed by atoms with van der Waals surface area (Å²) in [6.45, 7) is 3.37. The molecule has 1 fully saturated rings. The molecule has 0 aromatic carbocycles. The largest absolute Gasteiger partial charge is 0.394 e. The van der Waals surface area contributed by atoms with E-state index >= 15 is 0 Å². The normalized spacial score (nSPS) is 14.7. The van der Waals surface area contributed by atoms with Crippen LogP contribution in [0, 0.1) is 0 Å². The number of aliphatic hydroxyl groups is 1. The fourth-order valence-corrected chi connectivity index (χ4v) is 3.56. The topological polar surface area (TPSA) is 89.2 Å². The molecule has 0 atom stereocenters. The van der Waals surface area contributed by atoms with E-state index in [2.05, 4.69) is 31.0 Å². The highest BCUT2D eigenvalue weighted by Crippen LogP contribution is 2.20. The highest BCUT2D eigenvalue weighted by Gasteiger charge is 2.16. The van der Waals surface area contributed by atoms with Gasteiger partial charge in [-0.15, -0.1) is 11.3 Å². The van der Waals surface area contributed by atoms with E-state index in [4.69, 9.17) is 4.74 Å². The van der Waals surface area contributed by atoms with E-state index in [1.54, 1.807) is 28.4 Å². The summed E-state index contributed by atoms with van der Waals surface area (Å²) in [6.07, 6.45) is 4.21. The number of rotatable bonds is 6. The first kappa shape index (κ1) is 17.1. The summed E-state index contributed by atoms with van der Waals surface area (Å²) in [5.74, 6) is 2.11. The van der Waals surface area contributed by atoms with Gasteiger partial charge in [-0.1, -0.05) is 6.07 Å². The summed E-state index contributed by atoms with van der Waals surface area (Å²) in [5.41, 5.74) is 0.792. The molecule has 1 aliphatic heterocycles. The molecule has 3 aromatic rings. The first-order chi connectivity index (χ1) is 12.8. The van der Waals surface area contributed by atoms with Gasteiger partial charge >= 0.3 is 0 Å². The third-order valence-electron chi connectivity index (χ3n) is 4.13. The Morgan fingerprint density at radius 2 is 2.00 bits per heavy atom. The van der Waals surface area contributed by atoms with Crippen molar-refractivity contribution in [2.24, 2.45) is 0 Å². The molecule has 1 aliphatic rings. The Morgan fingerprint density at radius 1 is 1.19 bits per heavy atom. The van der Waals surface area contributed by atoms with E-state index < -0.39 is 0 Å². The second-order valence-corrected chi connectivity index (χ2v) is 6.96. The Bertz CT molecular complexity index is 828. The molecule has 4 heterocycles. The third kappa shape index (κ3) is 3.74. The van der Waals surface area contributed by atoms with E-state index in [0.29, 0.717) is 38.0 Å². The van der Waals surface area contributed by atoms with E-state index in [9.17, 15) is 5.11 Å². The zero-order chi connectivity index (χ0) is 17.8. The number of morpholine rings is 1. The van der Waals surface area contributed by atoms with Crippen molar-refractivity contribution in [1.82, 2.24) is 24.7 Å². The van der Waals surface area contributed by atoms with Crippen molar-refractivity contribution in [2.75, 3.05) is 37.8 Å². The Morgan fingerprint density at radius 3 is 2.69 bits per heavy atom. The molecule has 0 radical (unpaired) electrons. The molecule has 0 aliphatic carbocycles. The average Bonchev–Trinajstić information content (AvgIpc) is 3.33. The number of ether oxygens (including phenoxy) is 1. The first-order valence-corrected chi connectivity index (χ1v) is 9.43. The summed E-state index contributed by atoms with van der Waals surface area (Å²) >= 11 is 1.68. The smallest absolute Gasteiger partial charge is 0.225 e. The minimum absolute atomic E-state index is 0.00151. The lowest BCUT2D eigenvalue weighted by Gasteiger charge is -2.26. The minimum Gasteiger partial charge on any atom is -0.394 e. The maximum atomic E-state index is 9.33. The van der Waals surface area contributed by atoms with Crippen LogP contribution >= 0.6 is 11.3 Å². The van der Waals surface area contributed by atoms with Gasteiger partial charge in [-0.3, -0.25) is 0 Å². The number of aliphatic hydroxyl groups excluding tert-OH is 1. The maximum absolute atomic E-state index is 9.33. The van der Waals surface area contributed by atoms with Gasteiger partial charge < -0.3 is 14.7 Å². The van der Waals surface area contributed by atoms with E-state index in [1.807, 2.05) is 11.4 Å². The van der Waals surface area contributed by atoms with Crippen LogP contribution in [0.15, 0.2) is 29.9 Å². The van der Waals surface area contributed by atoms with Crippen LogP contribution in [0.3, 0.4) is 0 Å². The van der Waals surface area contributed by atoms with Crippen molar-refractivity contribution < 1.29 is 9.84 Å². The number of thiophene rings is 1. The lowest BCUT2D eigenvalue weighted by atomic mass is 10.3. The molecule has 0 unspecified atom stereocenters. The Hall–Kier alpha value is -2.36. The van der Waals surface area contributed by atoms with Crippen molar-refractivity contribution in [3.63, 3.8) is 0 Å². The van der Waals surface area contributed by atoms with Gasteiger partial charge in [0.05, 0.1) is 31.9 Å². The van der Waals surface area contributed by atoms with E-state index in [1.165, 1.54) is 4.88 Å².